The zero-order valence-corrected chi connectivity index (χ0v) is 8.59. The summed E-state index contributed by atoms with van der Waals surface area (Å²) in [4.78, 5) is 0. The minimum atomic E-state index is 0. The second kappa shape index (κ2) is 4.63. The van der Waals surface area contributed by atoms with Gasteiger partial charge in [-0.3, -0.25) is 0 Å². The van der Waals surface area contributed by atoms with Gasteiger partial charge < -0.3 is 0 Å². The van der Waals surface area contributed by atoms with Crippen LogP contribution in [0.5, 0.6) is 0 Å². The molecular weight excluding hydrogens is 168 g/mol. The number of fused-ring (bicyclic) bond motifs is 1. The third kappa shape index (κ3) is 2.00. The van der Waals surface area contributed by atoms with E-state index in [-0.39, 0.29) is 7.43 Å². The van der Waals surface area contributed by atoms with Gasteiger partial charge in [0.2, 0.25) is 0 Å². The van der Waals surface area contributed by atoms with Gasteiger partial charge >= 0.3 is 0 Å². The Morgan fingerprint density at radius 2 is 1.93 bits per heavy atom. The quantitative estimate of drug-likeness (QED) is 0.615. The van der Waals surface area contributed by atoms with Gasteiger partial charge in [-0.15, -0.1) is 0 Å². The van der Waals surface area contributed by atoms with Crippen molar-refractivity contribution in [2.75, 3.05) is 0 Å². The Hall–Kier alpha value is -0.780. The third-order valence-corrected chi connectivity index (χ3v) is 3.22. The minimum Gasteiger partial charge on any atom is -0.0776 e. The average molecular weight is 190 g/mol. The summed E-state index contributed by atoms with van der Waals surface area (Å²) in [5.41, 5.74) is 3.20. The molecule has 0 nitrogen and oxygen atoms in total. The molecule has 0 aromatic heterocycles. The molecule has 0 radical (unpaired) electrons. The molecule has 78 valence electrons. The van der Waals surface area contributed by atoms with Crippen LogP contribution in [0, 0.1) is 5.92 Å². The average Bonchev–Trinajstić information content (AvgIpc) is 2.17. The van der Waals surface area contributed by atoms with E-state index in [0.717, 1.165) is 11.8 Å². The summed E-state index contributed by atoms with van der Waals surface area (Å²) in [5, 5.41) is 0. The highest BCUT2D eigenvalue weighted by Crippen LogP contribution is 2.36. The SMILES string of the molecule is C.CC(C)C1CCCc2ccccc21. The molecule has 0 bridgehead atoms. The fraction of sp³-hybridized carbons (Fsp3) is 0.571. The molecule has 1 aromatic carbocycles. The predicted molar refractivity (Wildman–Crippen MR) is 63.7 cm³/mol. The van der Waals surface area contributed by atoms with Crippen molar-refractivity contribution in [2.24, 2.45) is 5.92 Å². The van der Waals surface area contributed by atoms with E-state index in [1.807, 2.05) is 0 Å². The summed E-state index contributed by atoms with van der Waals surface area (Å²) in [7, 11) is 0. The Labute approximate surface area is 88.4 Å². The number of rotatable bonds is 1. The second-order valence-electron chi connectivity index (χ2n) is 4.44. The standard InChI is InChI=1S/C13H18.CH4/c1-10(2)12-9-5-7-11-6-3-4-8-13(11)12;/h3-4,6,8,10,12H,5,7,9H2,1-2H3;1H4. The summed E-state index contributed by atoms with van der Waals surface area (Å²) in [6, 6.07) is 8.96. The molecule has 0 amide bonds. The van der Waals surface area contributed by atoms with Crippen molar-refractivity contribution in [2.45, 2.75) is 46.5 Å². The van der Waals surface area contributed by atoms with Crippen LogP contribution in [-0.4, -0.2) is 0 Å². The predicted octanol–water partition coefficient (Wildman–Crippen LogP) is 4.40. The first-order chi connectivity index (χ1) is 6.29. The van der Waals surface area contributed by atoms with Crippen molar-refractivity contribution < 1.29 is 0 Å². The van der Waals surface area contributed by atoms with Crippen LogP contribution >= 0.6 is 0 Å². The van der Waals surface area contributed by atoms with Gasteiger partial charge in [0, 0.05) is 0 Å². The molecule has 0 heterocycles. The van der Waals surface area contributed by atoms with Gasteiger partial charge in [0.15, 0.2) is 0 Å². The van der Waals surface area contributed by atoms with Crippen molar-refractivity contribution >= 4 is 0 Å². The minimum absolute atomic E-state index is 0. The first-order valence-electron chi connectivity index (χ1n) is 5.37. The van der Waals surface area contributed by atoms with E-state index in [1.54, 1.807) is 11.1 Å². The number of hydrogen-bond acceptors (Lipinski definition) is 0. The van der Waals surface area contributed by atoms with Crippen molar-refractivity contribution in [3.05, 3.63) is 35.4 Å². The molecule has 1 aromatic rings. The highest BCUT2D eigenvalue weighted by atomic mass is 14.3. The summed E-state index contributed by atoms with van der Waals surface area (Å²) in [6.45, 7) is 4.68. The molecule has 0 aliphatic heterocycles. The van der Waals surface area contributed by atoms with Crippen LogP contribution in [0.25, 0.3) is 0 Å². The Kier molecular flexibility index (Phi) is 3.74. The molecule has 1 aliphatic rings. The second-order valence-corrected chi connectivity index (χ2v) is 4.44. The molecule has 14 heavy (non-hydrogen) atoms. The van der Waals surface area contributed by atoms with Crippen LogP contribution in [-0.2, 0) is 6.42 Å². The van der Waals surface area contributed by atoms with Gasteiger partial charge in [-0.25, -0.2) is 0 Å². The summed E-state index contributed by atoms with van der Waals surface area (Å²) >= 11 is 0. The Morgan fingerprint density at radius 3 is 2.64 bits per heavy atom. The van der Waals surface area contributed by atoms with E-state index in [9.17, 15) is 0 Å². The Balaban J connectivity index is 0.000000980. The molecule has 2 rings (SSSR count). The van der Waals surface area contributed by atoms with Gasteiger partial charge in [-0.2, -0.15) is 0 Å². The van der Waals surface area contributed by atoms with E-state index in [2.05, 4.69) is 38.1 Å². The van der Waals surface area contributed by atoms with E-state index in [4.69, 9.17) is 0 Å². The Bertz CT molecular complexity index is 286. The van der Waals surface area contributed by atoms with Crippen molar-refractivity contribution in [3.8, 4) is 0 Å². The monoisotopic (exact) mass is 190 g/mol. The van der Waals surface area contributed by atoms with Gasteiger partial charge in [0.05, 0.1) is 0 Å². The summed E-state index contributed by atoms with van der Waals surface area (Å²) in [6.07, 6.45) is 4.05. The number of hydrogen-bond donors (Lipinski definition) is 0. The lowest BCUT2D eigenvalue weighted by molar-refractivity contribution is 0.433. The number of benzene rings is 1. The van der Waals surface area contributed by atoms with E-state index in [0.29, 0.717) is 0 Å². The molecule has 0 spiro atoms. The molecule has 0 fully saturated rings. The summed E-state index contributed by atoms with van der Waals surface area (Å²) in [5.74, 6) is 1.60. The van der Waals surface area contributed by atoms with Crippen LogP contribution in [0.2, 0.25) is 0 Å². The van der Waals surface area contributed by atoms with Crippen LogP contribution in [0.3, 0.4) is 0 Å². The molecule has 0 heteroatoms. The topological polar surface area (TPSA) is 0 Å². The third-order valence-electron chi connectivity index (χ3n) is 3.22. The maximum atomic E-state index is 2.34. The van der Waals surface area contributed by atoms with Crippen LogP contribution in [0.1, 0.15) is 51.2 Å². The smallest absolute Gasteiger partial charge is 0.0136 e. The van der Waals surface area contributed by atoms with Gasteiger partial charge in [-0.1, -0.05) is 45.5 Å². The largest absolute Gasteiger partial charge is 0.0776 e. The van der Waals surface area contributed by atoms with E-state index < -0.39 is 0 Å². The lowest BCUT2D eigenvalue weighted by atomic mass is 9.77. The van der Waals surface area contributed by atoms with E-state index >= 15 is 0 Å². The molecule has 1 unspecified atom stereocenters. The molecule has 0 saturated carbocycles. The highest BCUT2D eigenvalue weighted by Gasteiger charge is 2.21. The maximum absolute atomic E-state index is 2.34. The van der Waals surface area contributed by atoms with Gasteiger partial charge in [0.25, 0.3) is 0 Å². The fourth-order valence-corrected chi connectivity index (χ4v) is 2.48. The Morgan fingerprint density at radius 1 is 1.21 bits per heavy atom. The van der Waals surface area contributed by atoms with E-state index in [1.165, 1.54) is 19.3 Å². The van der Waals surface area contributed by atoms with Crippen molar-refractivity contribution in [3.63, 3.8) is 0 Å². The zero-order chi connectivity index (χ0) is 9.26. The molecule has 1 aliphatic carbocycles. The maximum Gasteiger partial charge on any atom is -0.0136 e. The van der Waals surface area contributed by atoms with Crippen molar-refractivity contribution in [1.82, 2.24) is 0 Å². The first-order valence-corrected chi connectivity index (χ1v) is 5.37. The van der Waals surface area contributed by atoms with Crippen LogP contribution in [0.4, 0.5) is 0 Å². The fourth-order valence-electron chi connectivity index (χ4n) is 2.48. The number of aryl methyl sites for hydroxylation is 1. The molecule has 0 N–H and O–H groups in total. The van der Waals surface area contributed by atoms with Gasteiger partial charge in [0.1, 0.15) is 0 Å². The summed E-state index contributed by atoms with van der Waals surface area (Å²) < 4.78 is 0. The van der Waals surface area contributed by atoms with Crippen molar-refractivity contribution in [1.29, 1.82) is 0 Å². The lowest BCUT2D eigenvalue weighted by Gasteiger charge is -2.28. The first kappa shape index (κ1) is 11.3. The lowest BCUT2D eigenvalue weighted by Crippen LogP contribution is -2.14. The van der Waals surface area contributed by atoms with Crippen LogP contribution < -0.4 is 0 Å². The van der Waals surface area contributed by atoms with Crippen LogP contribution in [0.15, 0.2) is 24.3 Å². The zero-order valence-electron chi connectivity index (χ0n) is 8.59. The molecule has 1 atom stereocenters. The molecule has 0 saturated heterocycles. The molecular formula is C14H22. The van der Waals surface area contributed by atoms with Gasteiger partial charge in [-0.05, 0) is 42.2 Å². The highest BCUT2D eigenvalue weighted by molar-refractivity contribution is 5.32. The normalized spacial score (nSPS) is 20.1.